The molecule has 1 aromatic heterocycles. The number of benzene rings is 1. The van der Waals surface area contributed by atoms with E-state index >= 15 is 0 Å². The van der Waals surface area contributed by atoms with Gasteiger partial charge in [-0.05, 0) is 31.0 Å². The minimum absolute atomic E-state index is 0.123. The largest absolute Gasteiger partial charge is 0.453 e. The Balaban J connectivity index is 2.23. The molecule has 2 aromatic rings. The molecule has 0 saturated heterocycles. The van der Waals surface area contributed by atoms with Gasteiger partial charge in [0.2, 0.25) is 0 Å². The fourth-order valence-corrected chi connectivity index (χ4v) is 2.24. The highest BCUT2D eigenvalue weighted by atomic mass is 16.3. The van der Waals surface area contributed by atoms with Gasteiger partial charge >= 0.3 is 0 Å². The zero-order valence-corrected chi connectivity index (χ0v) is 11.3. The number of furan rings is 1. The van der Waals surface area contributed by atoms with Crippen molar-refractivity contribution in [3.8, 4) is 0 Å². The normalized spacial score (nSPS) is 11.3. The van der Waals surface area contributed by atoms with Crippen LogP contribution in [0.2, 0.25) is 0 Å². The van der Waals surface area contributed by atoms with Crippen molar-refractivity contribution in [1.29, 1.82) is 0 Å². The third-order valence-electron chi connectivity index (χ3n) is 3.58. The van der Waals surface area contributed by atoms with Crippen LogP contribution in [0.5, 0.6) is 0 Å². The molecule has 2 rings (SSSR count). The minimum Gasteiger partial charge on any atom is -0.453 e. The maximum atomic E-state index is 12.1. The molecule has 96 valence electrons. The van der Waals surface area contributed by atoms with Crippen molar-refractivity contribution >= 4 is 16.8 Å². The molecule has 18 heavy (non-hydrogen) atoms. The number of carbonyl (C=O) groups excluding carboxylic acids is 1. The van der Waals surface area contributed by atoms with Crippen LogP contribution in [-0.2, 0) is 0 Å². The Bertz CT molecular complexity index is 547. The lowest BCUT2D eigenvalue weighted by Crippen LogP contribution is -2.06. The van der Waals surface area contributed by atoms with Crippen molar-refractivity contribution in [2.24, 2.45) is 5.92 Å². The summed E-state index contributed by atoms with van der Waals surface area (Å²) in [5, 5.41) is 1.02. The molecule has 0 aliphatic carbocycles. The lowest BCUT2D eigenvalue weighted by molar-refractivity contribution is 0.0933. The van der Waals surface area contributed by atoms with Crippen LogP contribution >= 0.6 is 0 Å². The predicted molar refractivity (Wildman–Crippen MR) is 74.0 cm³/mol. The summed E-state index contributed by atoms with van der Waals surface area (Å²) < 4.78 is 5.63. The van der Waals surface area contributed by atoms with Gasteiger partial charge in [-0.25, -0.2) is 0 Å². The molecule has 1 heterocycles. The molecule has 0 amide bonds. The molecule has 0 unspecified atom stereocenters. The molecule has 0 atom stereocenters. The van der Waals surface area contributed by atoms with Crippen LogP contribution in [0.15, 0.2) is 28.7 Å². The summed E-state index contributed by atoms with van der Waals surface area (Å²) >= 11 is 0. The Hall–Kier alpha value is -1.57. The van der Waals surface area contributed by atoms with Crippen LogP contribution in [0.3, 0.4) is 0 Å². The number of ketones is 1. The smallest absolute Gasteiger partial charge is 0.198 e. The van der Waals surface area contributed by atoms with E-state index < -0.39 is 0 Å². The minimum atomic E-state index is 0.123. The van der Waals surface area contributed by atoms with Crippen LogP contribution in [0.4, 0.5) is 0 Å². The van der Waals surface area contributed by atoms with Crippen molar-refractivity contribution < 1.29 is 9.21 Å². The van der Waals surface area contributed by atoms with Gasteiger partial charge in [-0.15, -0.1) is 0 Å². The van der Waals surface area contributed by atoms with Crippen molar-refractivity contribution in [1.82, 2.24) is 0 Å². The number of rotatable bonds is 5. The topological polar surface area (TPSA) is 30.2 Å². The first-order valence-electron chi connectivity index (χ1n) is 6.67. The molecular weight excluding hydrogens is 224 g/mol. The van der Waals surface area contributed by atoms with E-state index in [2.05, 4.69) is 13.8 Å². The van der Waals surface area contributed by atoms with Crippen molar-refractivity contribution in [2.75, 3.05) is 0 Å². The molecule has 0 N–H and O–H groups in total. The van der Waals surface area contributed by atoms with Crippen molar-refractivity contribution in [3.63, 3.8) is 0 Å². The Morgan fingerprint density at radius 2 is 1.94 bits per heavy atom. The van der Waals surface area contributed by atoms with E-state index in [4.69, 9.17) is 4.42 Å². The first-order valence-corrected chi connectivity index (χ1v) is 6.67. The first-order chi connectivity index (χ1) is 8.63. The fourth-order valence-electron chi connectivity index (χ4n) is 2.24. The molecule has 0 saturated carbocycles. The second-order valence-electron chi connectivity index (χ2n) is 4.96. The quantitative estimate of drug-likeness (QED) is 0.710. The molecule has 0 aliphatic rings. The van der Waals surface area contributed by atoms with Crippen molar-refractivity contribution in [3.05, 3.63) is 35.6 Å². The van der Waals surface area contributed by atoms with E-state index in [1.807, 2.05) is 31.2 Å². The number of hydrogen-bond acceptors (Lipinski definition) is 2. The van der Waals surface area contributed by atoms with E-state index in [1.54, 1.807) is 0 Å². The van der Waals surface area contributed by atoms with E-state index in [1.165, 1.54) is 5.56 Å². The van der Waals surface area contributed by atoms with E-state index in [0.29, 0.717) is 18.1 Å². The van der Waals surface area contributed by atoms with Crippen LogP contribution in [0, 0.1) is 12.8 Å². The van der Waals surface area contributed by atoms with Gasteiger partial charge in [0.15, 0.2) is 11.5 Å². The zero-order valence-electron chi connectivity index (χ0n) is 11.3. The Kier molecular flexibility index (Phi) is 3.85. The predicted octanol–water partition coefficient (Wildman–Crippen LogP) is 4.75. The number of aryl methyl sites for hydroxylation is 1. The maximum absolute atomic E-state index is 12.1. The monoisotopic (exact) mass is 244 g/mol. The molecule has 0 radical (unpaired) electrons. The van der Waals surface area contributed by atoms with Crippen molar-refractivity contribution in [2.45, 2.75) is 40.0 Å². The molecule has 2 nitrogen and oxygen atoms in total. The first kappa shape index (κ1) is 12.9. The van der Waals surface area contributed by atoms with Gasteiger partial charge in [-0.2, -0.15) is 0 Å². The molecule has 0 aliphatic heterocycles. The fraction of sp³-hybridized carbons (Fsp3) is 0.438. The van der Waals surface area contributed by atoms with Crippen LogP contribution in [0.1, 0.15) is 49.2 Å². The molecule has 0 fully saturated rings. The summed E-state index contributed by atoms with van der Waals surface area (Å²) in [6.07, 6.45) is 2.68. The van der Waals surface area contributed by atoms with Gasteiger partial charge in [0.1, 0.15) is 5.58 Å². The van der Waals surface area contributed by atoms with Gasteiger partial charge in [0.05, 0.1) is 0 Å². The highest BCUT2D eigenvalue weighted by Gasteiger charge is 2.16. The SMILES string of the molecule is CCC(CC)CC(=O)c1cc2cc(C)ccc2o1. The molecule has 2 heteroatoms. The molecule has 1 aromatic carbocycles. The lowest BCUT2D eigenvalue weighted by Gasteiger charge is -2.09. The summed E-state index contributed by atoms with van der Waals surface area (Å²) in [6.45, 7) is 6.30. The summed E-state index contributed by atoms with van der Waals surface area (Å²) in [5.74, 6) is 1.09. The Morgan fingerprint density at radius 3 is 2.61 bits per heavy atom. The van der Waals surface area contributed by atoms with Gasteiger partial charge in [0.25, 0.3) is 0 Å². The Labute approximate surface area is 108 Å². The summed E-state index contributed by atoms with van der Waals surface area (Å²) in [4.78, 5) is 12.1. The lowest BCUT2D eigenvalue weighted by atomic mass is 9.96. The second-order valence-corrected chi connectivity index (χ2v) is 4.96. The van der Waals surface area contributed by atoms with Gasteiger partial charge < -0.3 is 4.42 Å². The van der Waals surface area contributed by atoms with E-state index in [-0.39, 0.29) is 5.78 Å². The third-order valence-corrected chi connectivity index (χ3v) is 3.58. The van der Waals surface area contributed by atoms with Crippen LogP contribution in [-0.4, -0.2) is 5.78 Å². The highest BCUT2D eigenvalue weighted by molar-refractivity contribution is 5.97. The number of hydrogen-bond donors (Lipinski definition) is 0. The van der Waals surface area contributed by atoms with E-state index in [9.17, 15) is 4.79 Å². The number of fused-ring (bicyclic) bond motifs is 1. The molecule has 0 spiro atoms. The second kappa shape index (κ2) is 5.38. The average molecular weight is 244 g/mol. The zero-order chi connectivity index (χ0) is 13.1. The third kappa shape index (κ3) is 2.63. The highest BCUT2D eigenvalue weighted by Crippen LogP contribution is 2.23. The summed E-state index contributed by atoms with van der Waals surface area (Å²) in [5.41, 5.74) is 1.98. The van der Waals surface area contributed by atoms with Gasteiger partial charge in [-0.3, -0.25) is 4.79 Å². The Morgan fingerprint density at radius 1 is 1.22 bits per heavy atom. The van der Waals surface area contributed by atoms with Gasteiger partial charge in [-0.1, -0.05) is 38.3 Å². The summed E-state index contributed by atoms with van der Waals surface area (Å²) in [7, 11) is 0. The van der Waals surface area contributed by atoms with E-state index in [0.717, 1.165) is 23.8 Å². The molecule has 0 bridgehead atoms. The maximum Gasteiger partial charge on any atom is 0.198 e. The van der Waals surface area contributed by atoms with Crippen LogP contribution in [0.25, 0.3) is 11.0 Å². The molecular formula is C16H20O2. The summed E-state index contributed by atoms with van der Waals surface area (Å²) in [6, 6.07) is 7.85. The standard InChI is InChI=1S/C16H20O2/c1-4-12(5-2)9-14(17)16-10-13-8-11(3)6-7-15(13)18-16/h6-8,10,12H,4-5,9H2,1-3H3. The number of Topliss-reactive ketones (excluding diaryl/α,β-unsaturated/α-hetero) is 1. The van der Waals surface area contributed by atoms with Crippen LogP contribution < -0.4 is 0 Å². The number of carbonyl (C=O) groups is 1. The van der Waals surface area contributed by atoms with Gasteiger partial charge in [0, 0.05) is 11.8 Å². The average Bonchev–Trinajstić information content (AvgIpc) is 2.78.